The van der Waals surface area contributed by atoms with Gasteiger partial charge >= 0.3 is 0 Å². The fourth-order valence-corrected chi connectivity index (χ4v) is 2.50. The van der Waals surface area contributed by atoms with Crippen LogP contribution in [0.3, 0.4) is 0 Å². The van der Waals surface area contributed by atoms with Crippen LogP contribution in [0.15, 0.2) is 60.7 Å². The molecule has 3 aromatic carbocycles. The van der Waals surface area contributed by atoms with Crippen molar-refractivity contribution >= 4 is 16.5 Å². The van der Waals surface area contributed by atoms with Gasteiger partial charge in [-0.1, -0.05) is 36.4 Å². The molecule has 2 N–H and O–H groups in total. The maximum Gasteiger partial charge on any atom is 0.124 e. The van der Waals surface area contributed by atoms with Crippen LogP contribution in [-0.2, 0) is 0 Å². The van der Waals surface area contributed by atoms with E-state index in [9.17, 15) is 9.50 Å². The topological polar surface area (TPSA) is 56.0 Å². The number of benzene rings is 3. The van der Waals surface area contributed by atoms with Crippen molar-refractivity contribution in [1.29, 1.82) is 5.26 Å². The summed E-state index contributed by atoms with van der Waals surface area (Å²) in [7, 11) is 0. The van der Waals surface area contributed by atoms with Crippen molar-refractivity contribution in [3.05, 3.63) is 77.6 Å². The molecule has 3 aromatic rings. The highest BCUT2D eigenvalue weighted by Crippen LogP contribution is 2.22. The largest absolute Gasteiger partial charge is 0.387 e. The number of nitrogens with one attached hydrogen (secondary N) is 1. The van der Waals surface area contributed by atoms with Crippen LogP contribution in [0.25, 0.3) is 10.8 Å². The van der Waals surface area contributed by atoms with E-state index in [1.807, 2.05) is 48.5 Å². The molecule has 0 radical (unpaired) electrons. The van der Waals surface area contributed by atoms with E-state index in [1.54, 1.807) is 0 Å². The van der Waals surface area contributed by atoms with Gasteiger partial charge in [0.15, 0.2) is 0 Å². The first-order valence-corrected chi connectivity index (χ1v) is 7.27. The number of hydrogen-bond acceptors (Lipinski definition) is 3. The number of fused-ring (bicyclic) bond motifs is 1. The zero-order valence-corrected chi connectivity index (χ0v) is 12.3. The first kappa shape index (κ1) is 15.0. The second-order valence-electron chi connectivity index (χ2n) is 5.30. The Morgan fingerprint density at radius 2 is 1.83 bits per heavy atom. The Balaban J connectivity index is 1.76. The lowest BCUT2D eigenvalue weighted by Gasteiger charge is -2.14. The summed E-state index contributed by atoms with van der Waals surface area (Å²) in [5.41, 5.74) is 1.52. The fourth-order valence-electron chi connectivity index (χ4n) is 2.50. The van der Waals surface area contributed by atoms with Crippen LogP contribution in [0.5, 0.6) is 0 Å². The van der Waals surface area contributed by atoms with Crippen LogP contribution in [0.2, 0.25) is 0 Å². The lowest BCUT2D eigenvalue weighted by molar-refractivity contribution is 0.192. The van der Waals surface area contributed by atoms with Gasteiger partial charge in [-0.05, 0) is 40.6 Å². The summed E-state index contributed by atoms with van der Waals surface area (Å²) >= 11 is 0. The standard InChI is InChI=1S/C19H15FN2O/c20-17-7-8-18(16(10-17)11-21)22-12-19(23)15-6-5-13-3-1-2-4-14(13)9-15/h1-10,19,22-23H,12H2. The number of anilines is 1. The van der Waals surface area contributed by atoms with Gasteiger partial charge in [-0.2, -0.15) is 5.26 Å². The zero-order chi connectivity index (χ0) is 16.2. The summed E-state index contributed by atoms with van der Waals surface area (Å²) in [5.74, 6) is -0.456. The van der Waals surface area contributed by atoms with Crippen molar-refractivity contribution < 1.29 is 9.50 Å². The second-order valence-corrected chi connectivity index (χ2v) is 5.30. The highest BCUT2D eigenvalue weighted by atomic mass is 19.1. The molecule has 1 atom stereocenters. The van der Waals surface area contributed by atoms with E-state index in [0.29, 0.717) is 5.69 Å². The summed E-state index contributed by atoms with van der Waals surface area (Å²) in [5, 5.41) is 24.5. The first-order chi connectivity index (χ1) is 11.2. The zero-order valence-electron chi connectivity index (χ0n) is 12.3. The molecular formula is C19H15FN2O. The summed E-state index contributed by atoms with van der Waals surface area (Å²) < 4.78 is 13.1. The molecule has 0 heterocycles. The Morgan fingerprint density at radius 3 is 2.61 bits per heavy atom. The molecule has 0 bridgehead atoms. The van der Waals surface area contributed by atoms with Crippen LogP contribution in [0.1, 0.15) is 17.2 Å². The third kappa shape index (κ3) is 3.31. The Kier molecular flexibility index (Phi) is 4.22. The molecule has 0 fully saturated rings. The first-order valence-electron chi connectivity index (χ1n) is 7.27. The van der Waals surface area contributed by atoms with Gasteiger partial charge < -0.3 is 10.4 Å². The Bertz CT molecular complexity index is 886. The molecule has 0 saturated heterocycles. The van der Waals surface area contributed by atoms with E-state index in [0.717, 1.165) is 16.3 Å². The van der Waals surface area contributed by atoms with Crippen LogP contribution < -0.4 is 5.32 Å². The normalized spacial score (nSPS) is 11.9. The monoisotopic (exact) mass is 306 g/mol. The van der Waals surface area contributed by atoms with Crippen LogP contribution in [-0.4, -0.2) is 11.7 Å². The molecule has 0 amide bonds. The molecule has 114 valence electrons. The van der Waals surface area contributed by atoms with Gasteiger partial charge in [0.2, 0.25) is 0 Å². The highest BCUT2D eigenvalue weighted by molar-refractivity contribution is 5.83. The predicted octanol–water partition coefficient (Wildman–Crippen LogP) is 4.00. The Labute approximate surface area is 133 Å². The van der Waals surface area contributed by atoms with E-state index in [-0.39, 0.29) is 12.1 Å². The van der Waals surface area contributed by atoms with E-state index >= 15 is 0 Å². The van der Waals surface area contributed by atoms with Gasteiger partial charge in [0.05, 0.1) is 17.4 Å². The minimum atomic E-state index is -0.726. The van der Waals surface area contributed by atoms with Crippen LogP contribution in [0.4, 0.5) is 10.1 Å². The summed E-state index contributed by atoms with van der Waals surface area (Å²) in [6, 6.07) is 19.6. The average molecular weight is 306 g/mol. The van der Waals surface area contributed by atoms with Gasteiger partial charge in [-0.25, -0.2) is 4.39 Å². The minimum absolute atomic E-state index is 0.218. The van der Waals surface area contributed by atoms with Gasteiger partial charge in [0, 0.05) is 6.54 Å². The lowest BCUT2D eigenvalue weighted by Crippen LogP contribution is -2.13. The smallest absolute Gasteiger partial charge is 0.124 e. The van der Waals surface area contributed by atoms with Crippen molar-refractivity contribution in [3.8, 4) is 6.07 Å². The Morgan fingerprint density at radius 1 is 1.04 bits per heavy atom. The fraction of sp³-hybridized carbons (Fsp3) is 0.105. The van der Waals surface area contributed by atoms with Crippen molar-refractivity contribution in [2.45, 2.75) is 6.10 Å². The number of aliphatic hydroxyl groups is 1. The van der Waals surface area contributed by atoms with Gasteiger partial charge in [0.1, 0.15) is 11.9 Å². The van der Waals surface area contributed by atoms with Crippen molar-refractivity contribution in [2.75, 3.05) is 11.9 Å². The van der Waals surface area contributed by atoms with Crippen molar-refractivity contribution in [3.63, 3.8) is 0 Å². The maximum absolute atomic E-state index is 13.1. The van der Waals surface area contributed by atoms with E-state index in [4.69, 9.17) is 5.26 Å². The predicted molar refractivity (Wildman–Crippen MR) is 88.5 cm³/mol. The lowest BCUT2D eigenvalue weighted by atomic mass is 10.0. The SMILES string of the molecule is N#Cc1cc(F)ccc1NCC(O)c1ccc2ccccc2c1. The van der Waals surface area contributed by atoms with E-state index < -0.39 is 11.9 Å². The molecule has 4 heteroatoms. The molecule has 3 rings (SSSR count). The molecule has 0 saturated carbocycles. The molecular weight excluding hydrogens is 291 g/mol. The number of hydrogen-bond donors (Lipinski definition) is 2. The third-order valence-electron chi connectivity index (χ3n) is 3.75. The van der Waals surface area contributed by atoms with Gasteiger partial charge in [-0.3, -0.25) is 0 Å². The molecule has 0 aliphatic carbocycles. The summed E-state index contributed by atoms with van der Waals surface area (Å²) in [6.07, 6.45) is -0.726. The third-order valence-corrected chi connectivity index (χ3v) is 3.75. The van der Waals surface area contributed by atoms with Crippen molar-refractivity contribution in [2.24, 2.45) is 0 Å². The number of aliphatic hydroxyl groups excluding tert-OH is 1. The van der Waals surface area contributed by atoms with Crippen LogP contribution in [0, 0.1) is 17.1 Å². The molecule has 0 aliphatic rings. The van der Waals surface area contributed by atoms with Gasteiger partial charge in [0.25, 0.3) is 0 Å². The summed E-state index contributed by atoms with van der Waals surface area (Å²) in [6.45, 7) is 0.235. The quantitative estimate of drug-likeness (QED) is 0.766. The molecule has 0 aliphatic heterocycles. The van der Waals surface area contributed by atoms with Crippen LogP contribution >= 0.6 is 0 Å². The number of halogens is 1. The summed E-state index contributed by atoms with van der Waals surface area (Å²) in [4.78, 5) is 0. The molecule has 3 nitrogen and oxygen atoms in total. The van der Waals surface area contributed by atoms with E-state index in [2.05, 4.69) is 5.32 Å². The molecule has 1 unspecified atom stereocenters. The Hall–Kier alpha value is -2.90. The number of nitrogens with zero attached hydrogens (tertiary/aromatic N) is 1. The second kappa shape index (κ2) is 6.47. The van der Waals surface area contributed by atoms with Gasteiger partial charge in [-0.15, -0.1) is 0 Å². The number of rotatable bonds is 4. The maximum atomic E-state index is 13.1. The minimum Gasteiger partial charge on any atom is -0.387 e. The highest BCUT2D eigenvalue weighted by Gasteiger charge is 2.10. The van der Waals surface area contributed by atoms with Crippen molar-refractivity contribution in [1.82, 2.24) is 0 Å². The molecule has 0 spiro atoms. The number of nitriles is 1. The van der Waals surface area contributed by atoms with E-state index in [1.165, 1.54) is 18.2 Å². The molecule has 0 aromatic heterocycles. The molecule has 23 heavy (non-hydrogen) atoms. The average Bonchev–Trinajstić information content (AvgIpc) is 2.59.